The van der Waals surface area contributed by atoms with E-state index in [4.69, 9.17) is 13.8 Å². The summed E-state index contributed by atoms with van der Waals surface area (Å²) in [6.45, 7) is 6.61. The molecule has 10 heteroatoms. The molecule has 1 amide bonds. The standard InChI is InChI=1S/C69H117N2O7P/c1-7-10-13-16-19-22-25-28-30-32-34-35-37-39-41-44-47-50-53-56-59-62-69(73)78-67(60-57-54-51-48-45-42-27-24-21-18-15-12-9-3)66(65-77-79(74,75)76-64-63-71(4,5)6)70-68(72)61-58-55-52-49-46-43-40-38-36-33-31-29-26-23-20-17-14-11-8-2/h11,14,19-20,22-23,28-31,34-36,38-39,41,43,46,52,55,57,60,66-67H,7-10,12-13,15-18,21,24-27,32-33,37,40,42,44-45,47-51,53-54,56,58-59,61-65H2,1-6H3,(H-,70,72,74,75)/b14-11-,22-19-,23-20-,30-28-,31-29-,35-34-,38-36-,41-39-,46-43-,55-52-,60-57+. The molecule has 0 bridgehead atoms. The number of carbonyl (C=O) groups excluding carboxylic acids is 2. The zero-order valence-corrected chi connectivity index (χ0v) is 52.2. The van der Waals surface area contributed by atoms with Crippen LogP contribution in [0.1, 0.15) is 239 Å². The molecular weight excluding hydrogens is 1000 g/mol. The second-order valence-corrected chi connectivity index (χ2v) is 23.2. The van der Waals surface area contributed by atoms with Crippen LogP contribution in [0.15, 0.2) is 134 Å². The number of nitrogens with one attached hydrogen (secondary N) is 1. The fraction of sp³-hybridized carbons (Fsp3) is 0.652. The lowest BCUT2D eigenvalue weighted by Gasteiger charge is -2.30. The smallest absolute Gasteiger partial charge is 0.306 e. The molecule has 0 spiro atoms. The number of hydrogen-bond donors (Lipinski definition) is 1. The Morgan fingerprint density at radius 2 is 0.823 bits per heavy atom. The van der Waals surface area contributed by atoms with Gasteiger partial charge in [0.15, 0.2) is 0 Å². The summed E-state index contributed by atoms with van der Waals surface area (Å²) in [5, 5.41) is 2.97. The third-order valence-corrected chi connectivity index (χ3v) is 14.0. The molecule has 0 aromatic carbocycles. The zero-order valence-electron chi connectivity index (χ0n) is 51.3. The van der Waals surface area contributed by atoms with Gasteiger partial charge in [-0.2, -0.15) is 0 Å². The molecular formula is C69H117N2O7P. The van der Waals surface area contributed by atoms with Crippen molar-refractivity contribution in [2.75, 3.05) is 40.9 Å². The maximum absolute atomic E-state index is 13.5. The van der Waals surface area contributed by atoms with E-state index in [-0.39, 0.29) is 31.3 Å². The number of amides is 1. The minimum Gasteiger partial charge on any atom is -0.756 e. The van der Waals surface area contributed by atoms with Gasteiger partial charge in [-0.05, 0) is 115 Å². The Hall–Kier alpha value is -3.85. The van der Waals surface area contributed by atoms with Crippen LogP contribution < -0.4 is 10.2 Å². The Labute approximate surface area is 485 Å². The largest absolute Gasteiger partial charge is 0.756 e. The van der Waals surface area contributed by atoms with Crippen molar-refractivity contribution in [3.63, 3.8) is 0 Å². The minimum atomic E-state index is -4.73. The summed E-state index contributed by atoms with van der Waals surface area (Å²) in [6, 6.07) is -0.947. The number of carbonyl (C=O) groups is 2. The highest BCUT2D eigenvalue weighted by molar-refractivity contribution is 7.45. The van der Waals surface area contributed by atoms with Crippen LogP contribution in [-0.4, -0.2) is 69.4 Å². The van der Waals surface area contributed by atoms with Crippen molar-refractivity contribution < 1.29 is 37.3 Å². The molecule has 450 valence electrons. The van der Waals surface area contributed by atoms with Crippen molar-refractivity contribution in [3.05, 3.63) is 134 Å². The first-order chi connectivity index (χ1) is 38.4. The molecule has 0 aliphatic heterocycles. The van der Waals surface area contributed by atoms with Gasteiger partial charge in [0.05, 0.1) is 33.8 Å². The molecule has 3 atom stereocenters. The quantitative estimate of drug-likeness (QED) is 0.0212. The molecule has 0 aliphatic rings. The molecule has 1 N–H and O–H groups in total. The summed E-state index contributed by atoms with van der Waals surface area (Å²) in [5.41, 5.74) is 0. The maximum Gasteiger partial charge on any atom is 0.306 e. The van der Waals surface area contributed by atoms with E-state index >= 15 is 0 Å². The van der Waals surface area contributed by atoms with Gasteiger partial charge in [-0.25, -0.2) is 0 Å². The molecule has 0 rings (SSSR count). The summed E-state index contributed by atoms with van der Waals surface area (Å²) in [6.07, 6.45) is 81.5. The number of rotatable bonds is 55. The van der Waals surface area contributed by atoms with Crippen molar-refractivity contribution in [3.8, 4) is 0 Å². The Kier molecular flexibility index (Phi) is 54.6. The average Bonchev–Trinajstić information content (AvgIpc) is 3.41. The van der Waals surface area contributed by atoms with Gasteiger partial charge in [-0.15, -0.1) is 0 Å². The second kappa shape index (κ2) is 57.4. The number of nitrogens with zero attached hydrogens (tertiary/aromatic N) is 1. The van der Waals surface area contributed by atoms with Crippen LogP contribution in [0.5, 0.6) is 0 Å². The third kappa shape index (κ3) is 58.6. The molecule has 0 saturated carbocycles. The predicted molar refractivity (Wildman–Crippen MR) is 339 cm³/mol. The second-order valence-electron chi connectivity index (χ2n) is 21.8. The summed E-state index contributed by atoms with van der Waals surface area (Å²) >= 11 is 0. The highest BCUT2D eigenvalue weighted by Crippen LogP contribution is 2.38. The number of quaternary nitrogens is 1. The number of phosphoric ester groups is 1. The summed E-state index contributed by atoms with van der Waals surface area (Å²) < 4.78 is 30.3. The van der Waals surface area contributed by atoms with Crippen molar-refractivity contribution in [1.82, 2.24) is 5.32 Å². The lowest BCUT2D eigenvalue weighted by Crippen LogP contribution is -2.47. The molecule has 79 heavy (non-hydrogen) atoms. The fourth-order valence-electron chi connectivity index (χ4n) is 8.23. The topological polar surface area (TPSA) is 114 Å². The van der Waals surface area contributed by atoms with Crippen LogP contribution in [0.3, 0.4) is 0 Å². The first-order valence-electron chi connectivity index (χ1n) is 31.5. The van der Waals surface area contributed by atoms with Crippen molar-refractivity contribution in [2.24, 2.45) is 0 Å². The molecule has 0 aliphatic carbocycles. The van der Waals surface area contributed by atoms with Gasteiger partial charge in [0.1, 0.15) is 19.3 Å². The predicted octanol–water partition coefficient (Wildman–Crippen LogP) is 19.0. The van der Waals surface area contributed by atoms with E-state index in [1.165, 1.54) is 83.5 Å². The number of likely N-dealkylation sites (N-methyl/N-ethyl adjacent to an activating group) is 1. The van der Waals surface area contributed by atoms with Crippen molar-refractivity contribution in [1.29, 1.82) is 0 Å². The number of allylic oxidation sites excluding steroid dienone is 21. The van der Waals surface area contributed by atoms with Crippen LogP contribution in [0, 0.1) is 0 Å². The summed E-state index contributed by atoms with van der Waals surface area (Å²) in [5.74, 6) is -0.669. The van der Waals surface area contributed by atoms with Gasteiger partial charge < -0.3 is 28.5 Å². The Bertz CT molecular complexity index is 1810. The van der Waals surface area contributed by atoms with Gasteiger partial charge in [0, 0.05) is 12.8 Å². The van der Waals surface area contributed by atoms with Crippen LogP contribution in [0.2, 0.25) is 0 Å². The molecule has 0 fully saturated rings. The molecule has 9 nitrogen and oxygen atoms in total. The summed E-state index contributed by atoms with van der Waals surface area (Å²) in [4.78, 5) is 40.0. The molecule has 0 aromatic heterocycles. The van der Waals surface area contributed by atoms with Gasteiger partial charge >= 0.3 is 5.97 Å². The third-order valence-electron chi connectivity index (χ3n) is 13.1. The molecule has 0 radical (unpaired) electrons. The number of unbranched alkanes of at least 4 members (excludes halogenated alkanes) is 19. The molecule has 3 unspecified atom stereocenters. The van der Waals surface area contributed by atoms with Gasteiger partial charge in [0.25, 0.3) is 7.82 Å². The zero-order chi connectivity index (χ0) is 57.9. The van der Waals surface area contributed by atoms with E-state index in [0.29, 0.717) is 23.9 Å². The van der Waals surface area contributed by atoms with Crippen LogP contribution in [0.4, 0.5) is 0 Å². The summed E-state index contributed by atoms with van der Waals surface area (Å²) in [7, 11) is 1.11. The van der Waals surface area contributed by atoms with Gasteiger partial charge in [-0.1, -0.05) is 245 Å². The van der Waals surface area contributed by atoms with Crippen molar-refractivity contribution in [2.45, 2.75) is 251 Å². The van der Waals surface area contributed by atoms with Gasteiger partial charge in [0.2, 0.25) is 5.91 Å². The van der Waals surface area contributed by atoms with Crippen LogP contribution >= 0.6 is 7.82 Å². The van der Waals surface area contributed by atoms with E-state index in [9.17, 15) is 19.0 Å². The van der Waals surface area contributed by atoms with Crippen molar-refractivity contribution >= 4 is 19.7 Å². The Balaban J connectivity index is 5.44. The molecule has 0 aromatic rings. The van der Waals surface area contributed by atoms with E-state index in [1.807, 2.05) is 39.4 Å². The Morgan fingerprint density at radius 1 is 0.456 bits per heavy atom. The molecule has 0 heterocycles. The highest BCUT2D eigenvalue weighted by Gasteiger charge is 2.27. The van der Waals surface area contributed by atoms with Gasteiger partial charge in [-0.3, -0.25) is 14.2 Å². The first kappa shape index (κ1) is 75.2. The average molecular weight is 1120 g/mol. The fourth-order valence-corrected chi connectivity index (χ4v) is 8.96. The van der Waals surface area contributed by atoms with E-state index in [1.54, 1.807) is 6.08 Å². The maximum atomic E-state index is 13.5. The lowest BCUT2D eigenvalue weighted by molar-refractivity contribution is -0.870. The van der Waals surface area contributed by atoms with E-state index in [0.717, 1.165) is 109 Å². The van der Waals surface area contributed by atoms with E-state index < -0.39 is 26.6 Å². The number of phosphoric acid groups is 1. The minimum absolute atomic E-state index is 0.0466. The number of esters is 1. The monoisotopic (exact) mass is 1120 g/mol. The number of ether oxygens (including phenoxy) is 1. The highest BCUT2D eigenvalue weighted by atomic mass is 31.2. The SMILES string of the molecule is CC/C=C\C/C=C\C/C=C\C/C=C\C/C=C\C/C=C\CCC(=O)NC(COP(=O)([O-])OCC[N+](C)(C)C)C(/C=C/CCCCCCCCCCCCC)OC(=O)CCCCCCC/C=C\C/C=C\C/C=C\C/C=C\CCCCC. The Morgan fingerprint density at radius 3 is 1.27 bits per heavy atom. The normalized spacial score (nSPS) is 14.6. The van der Waals surface area contributed by atoms with E-state index in [2.05, 4.69) is 135 Å². The number of hydrogen-bond acceptors (Lipinski definition) is 7. The lowest BCUT2D eigenvalue weighted by atomic mass is 10.0. The van der Waals surface area contributed by atoms with Crippen LogP contribution in [-0.2, 0) is 27.9 Å². The van der Waals surface area contributed by atoms with Crippen LogP contribution in [0.25, 0.3) is 0 Å². The first-order valence-corrected chi connectivity index (χ1v) is 33.0. The molecule has 0 saturated heterocycles.